The second kappa shape index (κ2) is 14.4. The SMILES string of the molecule is CC(C)C(=O)Nc1nc2c(ncn2[C@@H]2O[C@@H]3COP(O)(=S)OC4[C@@H](COP(=O)(S)OC2C3OC(=O)c2ccccc2)OC2(n3ccc(N)nc3=O)CC42F)c(=O)[nH]1. The van der Waals surface area contributed by atoms with Gasteiger partial charge in [-0.3, -0.25) is 42.6 Å². The van der Waals surface area contributed by atoms with E-state index in [1.807, 2.05) is 0 Å². The van der Waals surface area contributed by atoms with Crippen molar-refractivity contribution in [3.63, 3.8) is 0 Å². The number of nitrogens with two attached hydrogens (primary N) is 1. The number of imidazole rings is 1. The van der Waals surface area contributed by atoms with Crippen LogP contribution in [-0.4, -0.2) is 95.2 Å². The zero-order chi connectivity index (χ0) is 40.7. The Morgan fingerprint density at radius 1 is 1.16 bits per heavy atom. The third-order valence-electron chi connectivity index (χ3n) is 9.69. The lowest BCUT2D eigenvalue weighted by atomic mass is 10.1. The molecule has 1 amide bonds. The maximum Gasteiger partial charge on any atom is 0.386 e. The van der Waals surface area contributed by atoms with Gasteiger partial charge in [0.05, 0.1) is 25.1 Å². The van der Waals surface area contributed by atoms with Crippen molar-refractivity contribution >= 4 is 72.4 Å². The highest BCUT2D eigenvalue weighted by atomic mass is 32.7. The van der Waals surface area contributed by atoms with Gasteiger partial charge in [0.15, 0.2) is 41.0 Å². The summed E-state index contributed by atoms with van der Waals surface area (Å²) in [4.78, 5) is 77.8. The van der Waals surface area contributed by atoms with Crippen LogP contribution in [0.5, 0.6) is 0 Å². The van der Waals surface area contributed by atoms with Crippen LogP contribution in [0.2, 0.25) is 0 Å². The van der Waals surface area contributed by atoms with Crippen LogP contribution in [0.1, 0.15) is 36.9 Å². The quantitative estimate of drug-likeness (QED) is 0.105. The van der Waals surface area contributed by atoms with Gasteiger partial charge in [-0.25, -0.2) is 23.5 Å². The van der Waals surface area contributed by atoms with E-state index in [4.69, 9.17) is 49.8 Å². The number of aromatic nitrogens is 6. The van der Waals surface area contributed by atoms with Crippen molar-refractivity contribution in [2.75, 3.05) is 24.3 Å². The van der Waals surface area contributed by atoms with Crippen LogP contribution in [0.15, 0.2) is 58.5 Å². The second-order valence-electron chi connectivity index (χ2n) is 13.8. The molecule has 6 heterocycles. The molecule has 8 rings (SSSR count). The van der Waals surface area contributed by atoms with E-state index in [0.717, 1.165) is 10.9 Å². The number of H-pyrrole nitrogens is 1. The fourth-order valence-electron chi connectivity index (χ4n) is 6.89. The molecule has 4 aliphatic rings. The number of ether oxygens (including phenoxy) is 3. The van der Waals surface area contributed by atoms with Crippen LogP contribution in [0.4, 0.5) is 16.2 Å². The number of hydrogen-bond acceptors (Lipinski definition) is 17. The van der Waals surface area contributed by atoms with E-state index in [9.17, 15) is 28.6 Å². The highest BCUT2D eigenvalue weighted by Crippen LogP contribution is 2.69. The number of fused-ring (bicyclic) bond motifs is 6. The maximum absolute atomic E-state index is 16.8. The summed E-state index contributed by atoms with van der Waals surface area (Å²) in [5.41, 5.74) is -0.812. The molecule has 7 unspecified atom stereocenters. The van der Waals surface area contributed by atoms with E-state index < -0.39 is 110 Å². The number of halogens is 1. The normalized spacial score (nSPS) is 35.1. The van der Waals surface area contributed by atoms with Crippen LogP contribution >= 0.6 is 25.8 Å². The largest absolute Gasteiger partial charge is 0.453 e. The van der Waals surface area contributed by atoms with E-state index in [-0.39, 0.29) is 28.5 Å². The first-order valence-corrected chi connectivity index (χ1v) is 22.4. The first-order valence-electron chi connectivity index (χ1n) is 17.1. The van der Waals surface area contributed by atoms with Gasteiger partial charge in [-0.15, -0.1) is 0 Å². The predicted octanol–water partition coefficient (Wildman–Crippen LogP) is 1.91. The molecular formula is C31H33FN8O13P2S2. The van der Waals surface area contributed by atoms with Gasteiger partial charge in [0.1, 0.15) is 24.1 Å². The molecule has 3 aliphatic heterocycles. The van der Waals surface area contributed by atoms with Crippen LogP contribution in [-0.2, 0) is 59.2 Å². The number of hydrogen-bond donors (Lipinski definition) is 5. The molecule has 1 aliphatic carbocycles. The minimum atomic E-state index is -4.65. The highest BCUT2D eigenvalue weighted by Gasteiger charge is 2.84. The summed E-state index contributed by atoms with van der Waals surface area (Å²) in [5.74, 6) is -2.18. The number of rotatable bonds is 6. The van der Waals surface area contributed by atoms with Crippen LogP contribution in [0.25, 0.3) is 11.2 Å². The van der Waals surface area contributed by atoms with Gasteiger partial charge in [0, 0.05) is 18.5 Å². The summed E-state index contributed by atoms with van der Waals surface area (Å²) in [5, 5.41) is 2.50. The molecule has 1 aromatic carbocycles. The lowest BCUT2D eigenvalue weighted by Crippen LogP contribution is -2.39. The monoisotopic (exact) mass is 870 g/mol. The Kier molecular flexibility index (Phi) is 10.1. The molecule has 3 aromatic heterocycles. The Hall–Kier alpha value is -3.93. The number of esters is 1. The smallest absolute Gasteiger partial charge is 0.386 e. The molecular weight excluding hydrogens is 837 g/mol. The summed E-state index contributed by atoms with van der Waals surface area (Å²) in [6.07, 6.45) is -7.48. The average Bonchev–Trinajstić information content (AvgIpc) is 3.36. The zero-order valence-electron chi connectivity index (χ0n) is 29.6. The number of carbonyl (C=O) groups excluding carboxylic acids is 2. The van der Waals surface area contributed by atoms with Crippen molar-refractivity contribution in [1.29, 1.82) is 0 Å². The molecule has 4 fully saturated rings. The molecule has 2 bridgehead atoms. The third-order valence-corrected chi connectivity index (χ3v) is 12.8. The van der Waals surface area contributed by atoms with Gasteiger partial charge in [-0.2, -0.15) is 9.97 Å². The van der Waals surface area contributed by atoms with Crippen molar-refractivity contribution < 1.29 is 55.7 Å². The number of aromatic amines is 1. The molecule has 1 saturated carbocycles. The lowest BCUT2D eigenvalue weighted by Gasteiger charge is -2.28. The molecule has 10 atom stereocenters. The minimum absolute atomic E-state index is 0.103. The number of nitrogen functional groups attached to an aromatic ring is 1. The summed E-state index contributed by atoms with van der Waals surface area (Å²) in [6.45, 7) is -7.35. The fraction of sp³-hybridized carbons (Fsp3) is 0.452. The number of nitrogens with zero attached hydrogens (tertiary/aromatic N) is 5. The Labute approximate surface area is 330 Å². The third kappa shape index (κ3) is 7.26. The molecule has 304 valence electrons. The minimum Gasteiger partial charge on any atom is -0.453 e. The number of nitrogens with one attached hydrogen (secondary N) is 2. The average molecular weight is 871 g/mol. The number of alkyl halides is 1. The molecule has 3 saturated heterocycles. The topological polar surface area (TPSA) is 273 Å². The summed E-state index contributed by atoms with van der Waals surface area (Å²) in [7, 11) is 0. The van der Waals surface area contributed by atoms with Crippen molar-refractivity contribution in [3.05, 3.63) is 75.3 Å². The van der Waals surface area contributed by atoms with Gasteiger partial charge in [0.25, 0.3) is 5.56 Å². The Balaban J connectivity index is 1.17. The number of anilines is 2. The second-order valence-corrected chi connectivity index (χ2v) is 19.5. The van der Waals surface area contributed by atoms with E-state index in [0.29, 0.717) is 0 Å². The van der Waals surface area contributed by atoms with Crippen molar-refractivity contribution in [3.8, 4) is 0 Å². The number of carbonyl (C=O) groups is 2. The molecule has 21 nitrogen and oxygen atoms in total. The molecule has 57 heavy (non-hydrogen) atoms. The molecule has 0 radical (unpaired) electrons. The molecule has 0 spiro atoms. The highest BCUT2D eigenvalue weighted by molar-refractivity contribution is 8.44. The first-order chi connectivity index (χ1) is 26.9. The first kappa shape index (κ1) is 39.9. The standard InChI is InChI=1S/C31H33FN8O13P2S2/c1-14(2)24(41)37-28-36-23-19(25(42)38-28)34-13-39(23)26-21-20(50-27(43)15-6-4-3-5-7-15)16(49-26)10-47-55(46,57)53-22-17(11-48-54(45,56)52-21)51-31(12-30(22,31)32)40-9-8-18(33)35-29(40)44/h3-9,13-14,16-17,20-22,26H,10-12H2,1-2H3,(H,45,56)(H,46,57)(H2,33,35,44)(H2,36,37,38,41,42)/t16-,17-,20?,21?,22?,26-,30?,31?,54?,55?/m1/s1. The lowest BCUT2D eigenvalue weighted by molar-refractivity contribution is -0.118. The van der Waals surface area contributed by atoms with E-state index in [1.54, 1.807) is 32.0 Å². The molecule has 4 aromatic rings. The van der Waals surface area contributed by atoms with Gasteiger partial charge < -0.3 is 29.4 Å². The maximum atomic E-state index is 16.8. The molecule has 26 heteroatoms. The van der Waals surface area contributed by atoms with Gasteiger partial charge >= 0.3 is 25.2 Å². The van der Waals surface area contributed by atoms with E-state index in [2.05, 4.69) is 37.5 Å². The number of benzene rings is 1. The van der Waals surface area contributed by atoms with Crippen LogP contribution in [0, 0.1) is 5.92 Å². The zero-order valence-corrected chi connectivity index (χ0v) is 33.1. The summed E-state index contributed by atoms with van der Waals surface area (Å²) < 4.78 is 74.3. The van der Waals surface area contributed by atoms with Crippen molar-refractivity contribution in [2.45, 2.75) is 68.4 Å². The predicted molar refractivity (Wildman–Crippen MR) is 200 cm³/mol. The summed E-state index contributed by atoms with van der Waals surface area (Å²) in [6, 6.07) is 9.04. The van der Waals surface area contributed by atoms with Gasteiger partial charge in [-0.05, 0) is 30.0 Å². The van der Waals surface area contributed by atoms with Crippen molar-refractivity contribution in [2.24, 2.45) is 5.92 Å². The van der Waals surface area contributed by atoms with Gasteiger partial charge in [0.2, 0.25) is 11.9 Å². The van der Waals surface area contributed by atoms with Gasteiger partial charge in [-0.1, -0.05) is 44.3 Å². The van der Waals surface area contributed by atoms with E-state index in [1.165, 1.54) is 29.0 Å². The Morgan fingerprint density at radius 3 is 2.61 bits per heavy atom. The Bertz CT molecular complexity index is 2490. The number of amides is 1. The number of thiol groups is 1. The Morgan fingerprint density at radius 2 is 1.89 bits per heavy atom. The van der Waals surface area contributed by atoms with Crippen LogP contribution in [0.3, 0.4) is 0 Å². The fourth-order valence-corrected chi connectivity index (χ4v) is 9.79. The summed E-state index contributed by atoms with van der Waals surface area (Å²) >= 11 is 9.50. The van der Waals surface area contributed by atoms with Crippen molar-refractivity contribution in [1.82, 2.24) is 29.1 Å². The van der Waals surface area contributed by atoms with Crippen LogP contribution < -0.4 is 22.3 Å². The van der Waals surface area contributed by atoms with E-state index >= 15 is 4.39 Å². The molecule has 5 N–H and O–H groups in total.